The first kappa shape index (κ1) is 21.7. The largest absolute Gasteiger partial charge is 0.338 e. The van der Waals surface area contributed by atoms with Gasteiger partial charge >= 0.3 is 0 Å². The summed E-state index contributed by atoms with van der Waals surface area (Å²) in [4.78, 5) is 54.9. The van der Waals surface area contributed by atoms with Crippen molar-refractivity contribution in [1.82, 2.24) is 14.7 Å². The number of fused-ring (bicyclic) bond motifs is 1. The van der Waals surface area contributed by atoms with Crippen LogP contribution in [0.25, 0.3) is 0 Å². The van der Waals surface area contributed by atoms with E-state index in [4.69, 9.17) is 0 Å². The highest BCUT2D eigenvalue weighted by molar-refractivity contribution is 6.22. The van der Waals surface area contributed by atoms with Crippen LogP contribution in [0.3, 0.4) is 0 Å². The van der Waals surface area contributed by atoms with Crippen molar-refractivity contribution in [1.29, 1.82) is 0 Å². The Morgan fingerprint density at radius 1 is 0.781 bits per heavy atom. The highest BCUT2D eigenvalue weighted by atomic mass is 16.2. The van der Waals surface area contributed by atoms with Gasteiger partial charge in [-0.3, -0.25) is 24.1 Å². The van der Waals surface area contributed by atoms with Crippen LogP contribution in [0.5, 0.6) is 0 Å². The first-order chi connectivity index (χ1) is 15.2. The molecule has 4 rings (SSSR count). The Labute approximate surface area is 187 Å². The Kier molecular flexibility index (Phi) is 5.59. The Morgan fingerprint density at radius 3 is 1.78 bits per heavy atom. The van der Waals surface area contributed by atoms with Gasteiger partial charge < -0.3 is 9.80 Å². The van der Waals surface area contributed by atoms with E-state index in [1.807, 2.05) is 24.3 Å². The summed E-state index contributed by atoms with van der Waals surface area (Å²) in [5, 5.41) is 0. The summed E-state index contributed by atoms with van der Waals surface area (Å²) in [6.45, 7) is 7.66. The number of hydrogen-bond acceptors (Lipinski definition) is 4. The molecule has 2 aromatic rings. The predicted molar refractivity (Wildman–Crippen MR) is 119 cm³/mol. The minimum atomic E-state index is -0.438. The molecule has 0 unspecified atom stereocenters. The molecule has 7 heteroatoms. The Balaban J connectivity index is 1.34. The second kappa shape index (κ2) is 8.22. The van der Waals surface area contributed by atoms with Gasteiger partial charge in [-0.15, -0.1) is 0 Å². The molecule has 0 N–H and O–H groups in total. The Morgan fingerprint density at radius 2 is 1.28 bits per heavy atom. The number of rotatable bonds is 3. The molecule has 2 aromatic carbocycles. The zero-order valence-electron chi connectivity index (χ0n) is 18.6. The van der Waals surface area contributed by atoms with Crippen LogP contribution < -0.4 is 0 Å². The van der Waals surface area contributed by atoms with Crippen molar-refractivity contribution >= 4 is 23.6 Å². The summed E-state index contributed by atoms with van der Waals surface area (Å²) in [6.07, 6.45) is 0. The highest BCUT2D eigenvalue weighted by Gasteiger charge is 2.37. The number of imide groups is 1. The molecule has 4 amide bonds. The minimum absolute atomic E-state index is 0.0209. The number of hydrogen-bond donors (Lipinski definition) is 0. The molecular formula is C25H27N3O4. The van der Waals surface area contributed by atoms with E-state index in [0.717, 1.165) is 10.5 Å². The van der Waals surface area contributed by atoms with Crippen molar-refractivity contribution < 1.29 is 19.2 Å². The lowest BCUT2D eigenvalue weighted by Gasteiger charge is -2.35. The molecule has 0 radical (unpaired) electrons. The molecule has 0 atom stereocenters. The molecule has 0 spiro atoms. The van der Waals surface area contributed by atoms with Gasteiger partial charge in [-0.2, -0.15) is 0 Å². The van der Waals surface area contributed by atoms with Crippen LogP contribution in [0, 0.1) is 0 Å². The van der Waals surface area contributed by atoms with E-state index in [0.29, 0.717) is 42.9 Å². The smallest absolute Gasteiger partial charge is 0.262 e. The summed E-state index contributed by atoms with van der Waals surface area (Å²) in [7, 11) is 0. The lowest BCUT2D eigenvalue weighted by molar-refractivity contribution is -0.132. The fourth-order valence-electron chi connectivity index (χ4n) is 4.07. The van der Waals surface area contributed by atoms with Crippen LogP contribution in [0.15, 0.2) is 48.5 Å². The van der Waals surface area contributed by atoms with Gasteiger partial charge in [-0.1, -0.05) is 45.0 Å². The van der Waals surface area contributed by atoms with Crippen molar-refractivity contribution in [3.05, 3.63) is 70.8 Å². The monoisotopic (exact) mass is 433 g/mol. The van der Waals surface area contributed by atoms with Gasteiger partial charge in [-0.25, -0.2) is 0 Å². The molecule has 0 bridgehead atoms. The number of benzene rings is 2. The van der Waals surface area contributed by atoms with Crippen LogP contribution >= 0.6 is 0 Å². The third kappa shape index (κ3) is 4.02. The van der Waals surface area contributed by atoms with Crippen molar-refractivity contribution in [3.8, 4) is 0 Å². The molecule has 0 aromatic heterocycles. The van der Waals surface area contributed by atoms with Crippen LogP contribution in [-0.2, 0) is 10.2 Å². The van der Waals surface area contributed by atoms with E-state index in [1.165, 1.54) is 0 Å². The Hall–Kier alpha value is -3.48. The molecule has 7 nitrogen and oxygen atoms in total. The van der Waals surface area contributed by atoms with Crippen LogP contribution in [0.4, 0.5) is 0 Å². The highest BCUT2D eigenvalue weighted by Crippen LogP contribution is 2.24. The number of piperazine rings is 1. The van der Waals surface area contributed by atoms with Crippen molar-refractivity contribution in [2.24, 2.45) is 0 Å². The molecule has 0 aliphatic carbocycles. The number of nitrogens with zero attached hydrogens (tertiary/aromatic N) is 3. The third-order valence-electron chi connectivity index (χ3n) is 6.09. The summed E-state index contributed by atoms with van der Waals surface area (Å²) in [5.74, 6) is -1.23. The molecule has 1 fully saturated rings. The summed E-state index contributed by atoms with van der Waals surface area (Å²) in [5.41, 5.74) is 2.48. The maximum atomic E-state index is 12.9. The third-order valence-corrected chi connectivity index (χ3v) is 6.09. The summed E-state index contributed by atoms with van der Waals surface area (Å²) in [6, 6.07) is 14.2. The molecular weight excluding hydrogens is 406 g/mol. The first-order valence-corrected chi connectivity index (χ1v) is 10.8. The van der Waals surface area contributed by atoms with Crippen LogP contribution in [0.1, 0.15) is 57.4 Å². The Bertz CT molecular complexity index is 1040. The summed E-state index contributed by atoms with van der Waals surface area (Å²) < 4.78 is 0. The van der Waals surface area contributed by atoms with E-state index >= 15 is 0 Å². The second-order valence-corrected chi connectivity index (χ2v) is 9.24. The minimum Gasteiger partial charge on any atom is -0.338 e. The SMILES string of the molecule is CC(C)(C)c1ccc(C(=O)N2CCN(C(=O)CN3C(=O)c4ccccc4C3=O)CC2)cc1. The van der Waals surface area contributed by atoms with Gasteiger partial charge in [0.05, 0.1) is 11.1 Å². The van der Waals surface area contributed by atoms with Gasteiger partial charge in [0.25, 0.3) is 17.7 Å². The average molecular weight is 434 g/mol. The first-order valence-electron chi connectivity index (χ1n) is 10.8. The molecule has 0 saturated carbocycles. The maximum Gasteiger partial charge on any atom is 0.262 e. The van der Waals surface area contributed by atoms with Crippen molar-refractivity contribution in [2.45, 2.75) is 26.2 Å². The fraction of sp³-hybridized carbons (Fsp3) is 0.360. The average Bonchev–Trinajstić information content (AvgIpc) is 3.03. The van der Waals surface area contributed by atoms with Gasteiger partial charge in [0.15, 0.2) is 0 Å². The zero-order chi connectivity index (χ0) is 23.0. The predicted octanol–water partition coefficient (Wildman–Crippen LogP) is 2.56. The standard InChI is InChI=1S/C25H27N3O4/c1-25(2,3)18-10-8-17(9-11-18)22(30)27-14-12-26(13-15-27)21(29)16-28-23(31)19-6-4-5-7-20(19)24(28)32/h4-11H,12-16H2,1-3H3. The van der Waals surface area contributed by atoms with E-state index in [2.05, 4.69) is 20.8 Å². The lowest BCUT2D eigenvalue weighted by Crippen LogP contribution is -2.53. The normalized spacial score (nSPS) is 16.4. The van der Waals surface area contributed by atoms with Crippen LogP contribution in [-0.4, -0.2) is 71.1 Å². The van der Waals surface area contributed by atoms with Crippen molar-refractivity contribution in [3.63, 3.8) is 0 Å². The topological polar surface area (TPSA) is 78.0 Å². The van der Waals surface area contributed by atoms with E-state index in [9.17, 15) is 19.2 Å². The van der Waals surface area contributed by atoms with Gasteiger partial charge in [-0.05, 0) is 35.2 Å². The van der Waals surface area contributed by atoms with Gasteiger partial charge in [0.2, 0.25) is 5.91 Å². The molecule has 2 aliphatic heterocycles. The number of amides is 4. The van der Waals surface area contributed by atoms with Gasteiger partial charge in [0.1, 0.15) is 6.54 Å². The zero-order valence-corrected chi connectivity index (χ0v) is 18.6. The summed E-state index contributed by atoms with van der Waals surface area (Å²) >= 11 is 0. The van der Waals surface area contributed by atoms with E-state index < -0.39 is 11.8 Å². The lowest BCUT2D eigenvalue weighted by atomic mass is 9.86. The number of carbonyl (C=O) groups is 4. The maximum absolute atomic E-state index is 12.9. The molecule has 2 aliphatic rings. The van der Waals surface area contributed by atoms with E-state index in [1.54, 1.807) is 34.1 Å². The fourth-order valence-corrected chi connectivity index (χ4v) is 4.07. The van der Waals surface area contributed by atoms with Gasteiger partial charge in [0, 0.05) is 31.7 Å². The van der Waals surface area contributed by atoms with E-state index in [-0.39, 0.29) is 23.8 Å². The molecule has 2 heterocycles. The molecule has 166 valence electrons. The molecule has 32 heavy (non-hydrogen) atoms. The van der Waals surface area contributed by atoms with Crippen molar-refractivity contribution in [2.75, 3.05) is 32.7 Å². The quantitative estimate of drug-likeness (QED) is 0.697. The van der Waals surface area contributed by atoms with Crippen LogP contribution in [0.2, 0.25) is 0 Å². The second-order valence-electron chi connectivity index (χ2n) is 9.24. The molecule has 1 saturated heterocycles. The number of carbonyl (C=O) groups excluding carboxylic acids is 4.